The van der Waals surface area contributed by atoms with Crippen molar-refractivity contribution in [1.82, 2.24) is 5.32 Å². The number of carbonyl (C=O) groups excluding carboxylic acids is 1. The first-order chi connectivity index (χ1) is 21.5. The van der Waals surface area contributed by atoms with Gasteiger partial charge in [0, 0.05) is 6.42 Å². The van der Waals surface area contributed by atoms with Gasteiger partial charge in [-0.25, -0.2) is 9.36 Å². The number of nitrogens with one attached hydrogen (secondary N) is 1. The Kier molecular flexibility index (Phi) is 14.1. The van der Waals surface area contributed by atoms with Crippen molar-refractivity contribution < 1.29 is 43.1 Å². The van der Waals surface area contributed by atoms with E-state index in [9.17, 15) is 19.4 Å². The molecule has 0 aromatic rings. The number of phosphoric acid groups is 1. The van der Waals surface area contributed by atoms with Crippen LogP contribution in [-0.2, 0) is 18.3 Å². The van der Waals surface area contributed by atoms with Gasteiger partial charge in [0.05, 0.1) is 40.4 Å². The Morgan fingerprint density at radius 2 is 1.79 bits per heavy atom. The number of aliphatic hydroxyl groups excluding tert-OH is 1. The molecule has 10 nitrogen and oxygen atoms in total. The van der Waals surface area contributed by atoms with Crippen molar-refractivity contribution in [3.05, 3.63) is 11.6 Å². The molecule has 4 rings (SSSR count). The van der Waals surface area contributed by atoms with E-state index >= 15 is 0 Å². The molecular weight excluding hydrogens is 619 g/mol. The van der Waals surface area contributed by atoms with Crippen LogP contribution < -0.4 is 5.32 Å². The molecule has 0 bridgehead atoms. The normalized spacial score (nSPS) is 34.5. The SMILES string of the molecule is CC(C)CCC[C@@H](C)[C@H]1CCC2C3CC=C4C[C@@H](OC(=O)NC(CO)COP(=O)(O)OCC[N+](C)(C)C)CC[C@]4(C)C3CC[C@@]21C.[OH-]. The van der Waals surface area contributed by atoms with Gasteiger partial charge in [-0.2, -0.15) is 0 Å². The monoisotopic (exact) mass is 686 g/mol. The molecule has 274 valence electrons. The van der Waals surface area contributed by atoms with Crippen molar-refractivity contribution in [3.8, 4) is 0 Å². The molecule has 0 aliphatic heterocycles. The quantitative estimate of drug-likeness (QED) is 0.0937. The van der Waals surface area contributed by atoms with Gasteiger partial charge in [0.15, 0.2) is 0 Å². The third-order valence-electron chi connectivity index (χ3n) is 12.5. The highest BCUT2D eigenvalue weighted by atomic mass is 31.2. The van der Waals surface area contributed by atoms with Gasteiger partial charge in [0.2, 0.25) is 0 Å². The van der Waals surface area contributed by atoms with Gasteiger partial charge in [-0.1, -0.05) is 65.5 Å². The van der Waals surface area contributed by atoms with Crippen molar-refractivity contribution in [2.75, 3.05) is 47.5 Å². The number of rotatable bonds is 15. The van der Waals surface area contributed by atoms with Crippen LogP contribution in [0.2, 0.25) is 0 Å². The Morgan fingerprint density at radius 3 is 2.45 bits per heavy atom. The number of ether oxygens (including phenoxy) is 1. The number of hydrogen-bond acceptors (Lipinski definition) is 7. The van der Waals surface area contributed by atoms with E-state index in [1.54, 1.807) is 0 Å². The fourth-order valence-electron chi connectivity index (χ4n) is 9.90. The number of aliphatic hydroxyl groups is 1. The minimum Gasteiger partial charge on any atom is -0.870 e. The van der Waals surface area contributed by atoms with Crippen molar-refractivity contribution in [2.45, 2.75) is 117 Å². The summed E-state index contributed by atoms with van der Waals surface area (Å²) < 4.78 is 28.7. The molecule has 4 aliphatic carbocycles. The first kappa shape index (κ1) is 40.4. The fraction of sp³-hybridized carbons (Fsp3) is 0.917. The Labute approximate surface area is 284 Å². The predicted molar refractivity (Wildman–Crippen MR) is 184 cm³/mol. The molecule has 0 spiro atoms. The lowest BCUT2D eigenvalue weighted by molar-refractivity contribution is -0.870. The molecule has 0 heterocycles. The third-order valence-corrected chi connectivity index (χ3v) is 13.5. The Bertz CT molecular complexity index is 1110. The van der Waals surface area contributed by atoms with E-state index in [0.717, 1.165) is 55.3 Å². The predicted octanol–water partition coefficient (Wildman–Crippen LogP) is 7.15. The van der Waals surface area contributed by atoms with Gasteiger partial charge < -0.3 is 30.0 Å². The number of alkyl carbamates (subject to hydrolysis) is 1. The molecule has 11 heteroatoms. The van der Waals surface area contributed by atoms with Crippen LogP contribution in [0.4, 0.5) is 4.79 Å². The summed E-state index contributed by atoms with van der Waals surface area (Å²) in [5.74, 6) is 4.72. The largest absolute Gasteiger partial charge is 0.870 e. The summed E-state index contributed by atoms with van der Waals surface area (Å²) in [6.45, 7) is 12.1. The van der Waals surface area contributed by atoms with Crippen LogP contribution in [-0.4, -0.2) is 85.7 Å². The number of likely N-dealkylation sites (N-methyl/N-ethyl adjacent to an activating group) is 1. The van der Waals surface area contributed by atoms with Crippen LogP contribution in [0.3, 0.4) is 0 Å². The Balaban J connectivity index is 0.00000600. The van der Waals surface area contributed by atoms with E-state index in [-0.39, 0.29) is 30.2 Å². The maximum atomic E-state index is 12.8. The summed E-state index contributed by atoms with van der Waals surface area (Å²) in [7, 11) is 1.54. The summed E-state index contributed by atoms with van der Waals surface area (Å²) in [6.07, 6.45) is 14.8. The highest BCUT2D eigenvalue weighted by Crippen LogP contribution is 2.67. The second-order valence-corrected chi connectivity index (χ2v) is 18.6. The summed E-state index contributed by atoms with van der Waals surface area (Å²) in [4.78, 5) is 22.8. The number of carbonyl (C=O) groups is 1. The van der Waals surface area contributed by atoms with Crippen molar-refractivity contribution in [1.29, 1.82) is 0 Å². The Hall–Kier alpha value is -1.00. The minimum atomic E-state index is -4.31. The number of quaternary nitrogens is 1. The molecule has 3 fully saturated rings. The molecule has 0 aromatic heterocycles. The summed E-state index contributed by atoms with van der Waals surface area (Å²) in [5, 5.41) is 12.4. The lowest BCUT2D eigenvalue weighted by atomic mass is 9.47. The second kappa shape index (κ2) is 16.3. The highest BCUT2D eigenvalue weighted by molar-refractivity contribution is 7.47. The zero-order chi connectivity index (χ0) is 33.9. The van der Waals surface area contributed by atoms with Gasteiger partial charge in [-0.05, 0) is 91.3 Å². The van der Waals surface area contributed by atoms with Crippen LogP contribution >= 0.6 is 7.82 Å². The number of phosphoric ester groups is 1. The van der Waals surface area contributed by atoms with Crippen molar-refractivity contribution in [2.24, 2.45) is 46.3 Å². The molecule has 0 saturated heterocycles. The van der Waals surface area contributed by atoms with E-state index in [1.807, 2.05) is 21.1 Å². The molecule has 5 unspecified atom stereocenters. The molecule has 1 amide bonds. The van der Waals surface area contributed by atoms with Crippen molar-refractivity contribution >= 4 is 13.9 Å². The van der Waals surface area contributed by atoms with Crippen LogP contribution in [0, 0.1) is 46.3 Å². The molecular formula is C36H67N2O8P. The standard InChI is InChI=1S/C36H65N2O7P.H2O/c1-25(2)10-9-11-26(3)31-14-15-32-30-13-12-27-22-29(16-18-35(27,4)33(30)17-19-36(31,32)5)45-34(40)37-28(23-39)24-44-46(41,42)43-21-20-38(6,7)8;/h12,25-26,28-33,39H,9-11,13-24H2,1-8H3,(H-,37,40,41,42);1H2/t26-,28?,29+,30?,31-,32?,33?,35+,36-;/m1./s1. The van der Waals surface area contributed by atoms with Gasteiger partial charge in [0.1, 0.15) is 19.3 Å². The van der Waals surface area contributed by atoms with E-state index in [1.165, 1.54) is 50.5 Å². The first-order valence-electron chi connectivity index (χ1n) is 18.2. The van der Waals surface area contributed by atoms with Crippen LogP contribution in [0.5, 0.6) is 0 Å². The molecule has 47 heavy (non-hydrogen) atoms. The number of nitrogens with zero attached hydrogens (tertiary/aromatic N) is 1. The summed E-state index contributed by atoms with van der Waals surface area (Å²) in [6, 6.07) is -0.886. The smallest absolute Gasteiger partial charge is 0.472 e. The van der Waals surface area contributed by atoms with Gasteiger partial charge in [0.25, 0.3) is 0 Å². The molecule has 0 aromatic carbocycles. The molecule has 3 saturated carbocycles. The van der Waals surface area contributed by atoms with E-state index in [0.29, 0.717) is 22.4 Å². The highest BCUT2D eigenvalue weighted by Gasteiger charge is 2.59. The first-order valence-corrected chi connectivity index (χ1v) is 19.7. The number of hydrogen-bond donors (Lipinski definition) is 3. The van der Waals surface area contributed by atoms with Crippen molar-refractivity contribution in [3.63, 3.8) is 0 Å². The van der Waals surface area contributed by atoms with Crippen LogP contribution in [0.1, 0.15) is 105 Å². The zero-order valence-corrected chi connectivity index (χ0v) is 31.5. The maximum Gasteiger partial charge on any atom is 0.472 e. The summed E-state index contributed by atoms with van der Waals surface area (Å²) in [5.41, 5.74) is 2.08. The average molecular weight is 687 g/mol. The molecule has 4 aliphatic rings. The molecule has 10 atom stereocenters. The van der Waals surface area contributed by atoms with Gasteiger partial charge in [-0.3, -0.25) is 9.05 Å². The average Bonchev–Trinajstić information content (AvgIpc) is 3.31. The van der Waals surface area contributed by atoms with E-state index in [2.05, 4.69) is 46.0 Å². The summed E-state index contributed by atoms with van der Waals surface area (Å²) >= 11 is 0. The number of allylic oxidation sites excluding steroid dienone is 1. The third kappa shape index (κ3) is 10.0. The fourth-order valence-corrected chi connectivity index (χ4v) is 10.7. The zero-order valence-electron chi connectivity index (χ0n) is 30.6. The van der Waals surface area contributed by atoms with E-state index in [4.69, 9.17) is 13.8 Å². The Morgan fingerprint density at radius 1 is 1.06 bits per heavy atom. The topological polar surface area (TPSA) is 144 Å². The second-order valence-electron chi connectivity index (χ2n) is 17.2. The van der Waals surface area contributed by atoms with Gasteiger partial charge in [-0.15, -0.1) is 0 Å². The van der Waals surface area contributed by atoms with Crippen LogP contribution in [0.25, 0.3) is 0 Å². The van der Waals surface area contributed by atoms with E-state index < -0.39 is 26.6 Å². The van der Waals surface area contributed by atoms with Gasteiger partial charge >= 0.3 is 13.9 Å². The number of amides is 1. The number of fused-ring (bicyclic) bond motifs is 5. The molecule has 4 N–H and O–H groups in total. The lowest BCUT2D eigenvalue weighted by Gasteiger charge is -2.58. The lowest BCUT2D eigenvalue weighted by Crippen LogP contribution is -2.51. The minimum absolute atomic E-state index is 0. The maximum absolute atomic E-state index is 12.8. The molecule has 0 radical (unpaired) electrons. The van der Waals surface area contributed by atoms with Crippen LogP contribution in [0.15, 0.2) is 11.6 Å².